The molecule has 15 heavy (non-hydrogen) atoms. The second-order valence-electron chi connectivity index (χ2n) is 3.09. The van der Waals surface area contributed by atoms with Crippen molar-refractivity contribution < 1.29 is 9.53 Å². The molecule has 0 saturated heterocycles. The van der Waals surface area contributed by atoms with E-state index in [9.17, 15) is 4.79 Å². The summed E-state index contributed by atoms with van der Waals surface area (Å²) in [5.41, 5.74) is 0. The third kappa shape index (κ3) is 3.44. The molecular formula is C11H14ClNO2. The van der Waals surface area contributed by atoms with E-state index >= 15 is 0 Å². The molecule has 0 aliphatic heterocycles. The lowest BCUT2D eigenvalue weighted by molar-refractivity contribution is -0.127. The van der Waals surface area contributed by atoms with Gasteiger partial charge in [0.05, 0.1) is 5.02 Å². The van der Waals surface area contributed by atoms with E-state index in [1.165, 1.54) is 0 Å². The van der Waals surface area contributed by atoms with Gasteiger partial charge in [0.25, 0.3) is 5.91 Å². The van der Waals surface area contributed by atoms with Crippen molar-refractivity contribution in [2.24, 2.45) is 0 Å². The van der Waals surface area contributed by atoms with Crippen LogP contribution >= 0.6 is 11.6 Å². The molecule has 3 nitrogen and oxygen atoms in total. The summed E-state index contributed by atoms with van der Waals surface area (Å²) in [6.07, 6.45) is -0.537. The molecule has 0 aromatic heterocycles. The minimum absolute atomic E-state index is 0.141. The highest BCUT2D eigenvalue weighted by molar-refractivity contribution is 6.32. The molecule has 1 amide bonds. The fraction of sp³-hybridized carbons (Fsp3) is 0.364. The number of ether oxygens (including phenoxy) is 1. The lowest BCUT2D eigenvalue weighted by Gasteiger charge is -2.14. The van der Waals surface area contributed by atoms with Crippen LogP contribution in [-0.2, 0) is 4.79 Å². The van der Waals surface area contributed by atoms with Crippen molar-refractivity contribution in [2.75, 3.05) is 6.54 Å². The Labute approximate surface area is 94.4 Å². The molecule has 0 spiro atoms. The first-order valence-corrected chi connectivity index (χ1v) is 5.21. The zero-order chi connectivity index (χ0) is 11.3. The average Bonchev–Trinajstić information content (AvgIpc) is 2.21. The molecule has 1 rings (SSSR count). The standard InChI is InChI=1S/C11H14ClNO2/c1-3-13-11(14)8(2)15-10-7-5-4-6-9(10)12/h4-8H,3H2,1-2H3,(H,13,14)/t8-/m0/s1. The van der Waals surface area contributed by atoms with E-state index in [-0.39, 0.29) is 5.91 Å². The lowest BCUT2D eigenvalue weighted by Crippen LogP contribution is -2.36. The number of carbonyl (C=O) groups excluding carboxylic acids is 1. The van der Waals surface area contributed by atoms with Gasteiger partial charge in [-0.3, -0.25) is 4.79 Å². The summed E-state index contributed by atoms with van der Waals surface area (Å²) in [5.74, 6) is 0.385. The molecule has 0 saturated carbocycles. The number of likely N-dealkylation sites (N-methyl/N-ethyl adjacent to an activating group) is 1. The number of nitrogens with one attached hydrogen (secondary N) is 1. The van der Waals surface area contributed by atoms with Crippen LogP contribution in [0.3, 0.4) is 0 Å². The Hall–Kier alpha value is -1.22. The Bertz CT molecular complexity index is 341. The Morgan fingerprint density at radius 3 is 2.80 bits per heavy atom. The molecule has 1 aromatic carbocycles. The van der Waals surface area contributed by atoms with Crippen molar-refractivity contribution >= 4 is 17.5 Å². The van der Waals surface area contributed by atoms with Crippen molar-refractivity contribution in [3.63, 3.8) is 0 Å². The average molecular weight is 228 g/mol. The Kier molecular flexibility index (Phi) is 4.43. The van der Waals surface area contributed by atoms with Gasteiger partial charge in [-0.15, -0.1) is 0 Å². The lowest BCUT2D eigenvalue weighted by atomic mass is 10.3. The van der Waals surface area contributed by atoms with Gasteiger partial charge in [-0.2, -0.15) is 0 Å². The van der Waals surface area contributed by atoms with Crippen LogP contribution in [0.15, 0.2) is 24.3 Å². The van der Waals surface area contributed by atoms with Crippen LogP contribution in [0.25, 0.3) is 0 Å². The predicted molar refractivity (Wildman–Crippen MR) is 60.2 cm³/mol. The molecule has 4 heteroatoms. The van der Waals surface area contributed by atoms with Gasteiger partial charge in [-0.1, -0.05) is 23.7 Å². The van der Waals surface area contributed by atoms with Gasteiger partial charge in [0.2, 0.25) is 0 Å². The Morgan fingerprint density at radius 1 is 1.53 bits per heavy atom. The quantitative estimate of drug-likeness (QED) is 0.857. The van der Waals surface area contributed by atoms with Gasteiger partial charge in [0.1, 0.15) is 5.75 Å². The highest BCUT2D eigenvalue weighted by atomic mass is 35.5. The van der Waals surface area contributed by atoms with Crippen molar-refractivity contribution in [1.29, 1.82) is 0 Å². The van der Waals surface area contributed by atoms with Crippen molar-refractivity contribution in [2.45, 2.75) is 20.0 Å². The summed E-state index contributed by atoms with van der Waals surface area (Å²) in [6.45, 7) is 4.14. The van der Waals surface area contributed by atoms with Crippen LogP contribution in [-0.4, -0.2) is 18.6 Å². The topological polar surface area (TPSA) is 38.3 Å². The number of benzene rings is 1. The van der Waals surface area contributed by atoms with E-state index in [2.05, 4.69) is 5.32 Å². The fourth-order valence-electron chi connectivity index (χ4n) is 1.10. The summed E-state index contributed by atoms with van der Waals surface area (Å²) in [7, 11) is 0. The summed E-state index contributed by atoms with van der Waals surface area (Å²) in [4.78, 5) is 11.4. The van der Waals surface area contributed by atoms with E-state index in [4.69, 9.17) is 16.3 Å². The van der Waals surface area contributed by atoms with Crippen LogP contribution in [0.5, 0.6) is 5.75 Å². The molecule has 0 unspecified atom stereocenters. The highest BCUT2D eigenvalue weighted by Crippen LogP contribution is 2.24. The minimum Gasteiger partial charge on any atom is -0.479 e. The maximum Gasteiger partial charge on any atom is 0.260 e. The molecule has 0 aliphatic carbocycles. The Balaban J connectivity index is 2.62. The summed E-state index contributed by atoms with van der Waals surface area (Å²) >= 11 is 5.89. The second-order valence-corrected chi connectivity index (χ2v) is 3.49. The number of para-hydroxylation sites is 1. The predicted octanol–water partition coefficient (Wildman–Crippen LogP) is 2.24. The maximum atomic E-state index is 11.4. The largest absolute Gasteiger partial charge is 0.479 e. The van der Waals surface area contributed by atoms with Crippen molar-refractivity contribution in [1.82, 2.24) is 5.32 Å². The minimum atomic E-state index is -0.537. The van der Waals surface area contributed by atoms with Crippen LogP contribution in [0.1, 0.15) is 13.8 Å². The van der Waals surface area contributed by atoms with E-state index in [0.717, 1.165) is 0 Å². The van der Waals surface area contributed by atoms with Crippen LogP contribution in [0, 0.1) is 0 Å². The van der Waals surface area contributed by atoms with Gasteiger partial charge in [0, 0.05) is 6.54 Å². The summed E-state index contributed by atoms with van der Waals surface area (Å²) in [5, 5.41) is 3.19. The van der Waals surface area contributed by atoms with E-state index in [0.29, 0.717) is 17.3 Å². The molecular weight excluding hydrogens is 214 g/mol. The first kappa shape index (κ1) is 11.9. The molecule has 1 N–H and O–H groups in total. The number of carbonyl (C=O) groups is 1. The van der Waals surface area contributed by atoms with Gasteiger partial charge in [-0.05, 0) is 26.0 Å². The third-order valence-corrected chi connectivity index (χ3v) is 2.17. The molecule has 1 aromatic rings. The molecule has 0 radical (unpaired) electrons. The number of rotatable bonds is 4. The number of amides is 1. The van der Waals surface area contributed by atoms with Crippen molar-refractivity contribution in [3.05, 3.63) is 29.3 Å². The first-order valence-electron chi connectivity index (χ1n) is 4.84. The van der Waals surface area contributed by atoms with Gasteiger partial charge in [0.15, 0.2) is 6.10 Å². The molecule has 1 atom stereocenters. The summed E-state index contributed by atoms with van der Waals surface area (Å²) < 4.78 is 5.42. The molecule has 0 aliphatic rings. The van der Waals surface area contributed by atoms with Crippen LogP contribution in [0.4, 0.5) is 0 Å². The highest BCUT2D eigenvalue weighted by Gasteiger charge is 2.14. The van der Waals surface area contributed by atoms with Gasteiger partial charge in [-0.25, -0.2) is 0 Å². The fourth-order valence-corrected chi connectivity index (χ4v) is 1.28. The molecule has 0 bridgehead atoms. The monoisotopic (exact) mass is 227 g/mol. The zero-order valence-electron chi connectivity index (χ0n) is 8.79. The summed E-state index contributed by atoms with van der Waals surface area (Å²) in [6, 6.07) is 7.08. The van der Waals surface area contributed by atoms with Crippen LogP contribution in [0.2, 0.25) is 5.02 Å². The smallest absolute Gasteiger partial charge is 0.260 e. The normalized spacial score (nSPS) is 11.9. The molecule has 82 valence electrons. The second kappa shape index (κ2) is 5.61. The maximum absolute atomic E-state index is 11.4. The SMILES string of the molecule is CCNC(=O)[C@H](C)Oc1ccccc1Cl. The van der Waals surface area contributed by atoms with Crippen molar-refractivity contribution in [3.8, 4) is 5.75 Å². The Morgan fingerprint density at radius 2 is 2.20 bits per heavy atom. The molecule has 0 fully saturated rings. The third-order valence-electron chi connectivity index (χ3n) is 1.86. The number of halogens is 1. The zero-order valence-corrected chi connectivity index (χ0v) is 9.54. The number of hydrogen-bond donors (Lipinski definition) is 1. The number of hydrogen-bond acceptors (Lipinski definition) is 2. The van der Waals surface area contributed by atoms with Crippen LogP contribution < -0.4 is 10.1 Å². The van der Waals surface area contributed by atoms with E-state index in [1.807, 2.05) is 19.1 Å². The molecule has 0 heterocycles. The van der Waals surface area contributed by atoms with Gasteiger partial charge < -0.3 is 10.1 Å². The first-order chi connectivity index (χ1) is 7.15. The van der Waals surface area contributed by atoms with Gasteiger partial charge >= 0.3 is 0 Å². The van der Waals surface area contributed by atoms with E-state index in [1.54, 1.807) is 19.1 Å². The van der Waals surface area contributed by atoms with E-state index < -0.39 is 6.10 Å².